The Kier molecular flexibility index (Phi) is 3.73. The molecule has 3 aromatic rings. The Morgan fingerprint density at radius 2 is 2.21 bits per heavy atom. The van der Waals surface area contributed by atoms with Gasteiger partial charge in [0.25, 0.3) is 5.56 Å². The summed E-state index contributed by atoms with van der Waals surface area (Å²) >= 11 is 0. The number of nitrogens with zero attached hydrogens (tertiary/aromatic N) is 3. The minimum atomic E-state index is 0.00714. The number of aromatic nitrogens is 3. The van der Waals surface area contributed by atoms with Crippen LogP contribution in [0.5, 0.6) is 0 Å². The third kappa shape index (κ3) is 2.65. The molecule has 1 unspecified atom stereocenters. The van der Waals surface area contributed by atoms with Gasteiger partial charge >= 0.3 is 0 Å². The smallest absolute Gasteiger partial charge is 0.258 e. The molecule has 4 heterocycles. The van der Waals surface area contributed by atoms with Gasteiger partial charge in [0.15, 0.2) is 0 Å². The number of hydrogen-bond donors (Lipinski definition) is 1. The predicted octanol–water partition coefficient (Wildman–Crippen LogP) is 1.26. The van der Waals surface area contributed by atoms with Gasteiger partial charge in [0.1, 0.15) is 23.9 Å². The van der Waals surface area contributed by atoms with Crippen LogP contribution in [0.25, 0.3) is 5.65 Å². The van der Waals surface area contributed by atoms with E-state index in [4.69, 9.17) is 4.98 Å². The van der Waals surface area contributed by atoms with E-state index in [0.717, 1.165) is 30.0 Å². The van der Waals surface area contributed by atoms with E-state index in [1.54, 1.807) is 10.5 Å². The van der Waals surface area contributed by atoms with E-state index in [2.05, 4.69) is 29.9 Å². The molecular weight excluding hydrogens is 300 g/mol. The normalized spacial score (nSPS) is 20.8. The number of nitrogens with one attached hydrogen (secondary N) is 1. The van der Waals surface area contributed by atoms with Crippen molar-refractivity contribution >= 4 is 5.65 Å². The molecular formula is C19H23N4O+. The second kappa shape index (κ2) is 5.91. The molecule has 1 aliphatic heterocycles. The highest BCUT2D eigenvalue weighted by atomic mass is 16.1. The summed E-state index contributed by atoms with van der Waals surface area (Å²) in [6.45, 7) is 3.92. The monoisotopic (exact) mass is 323 g/mol. The summed E-state index contributed by atoms with van der Waals surface area (Å²) in [5.41, 5.74) is 4.06. The van der Waals surface area contributed by atoms with E-state index in [9.17, 15) is 4.79 Å². The Hall–Kier alpha value is -2.40. The van der Waals surface area contributed by atoms with E-state index in [0.29, 0.717) is 6.04 Å². The molecule has 0 aliphatic carbocycles. The van der Waals surface area contributed by atoms with Crippen LogP contribution in [-0.2, 0) is 13.6 Å². The van der Waals surface area contributed by atoms with Crippen molar-refractivity contribution in [2.45, 2.75) is 32.4 Å². The van der Waals surface area contributed by atoms with Gasteiger partial charge in [-0.05, 0) is 30.7 Å². The van der Waals surface area contributed by atoms with Gasteiger partial charge in [0.05, 0.1) is 12.2 Å². The zero-order chi connectivity index (χ0) is 16.7. The number of quaternary nitrogens is 1. The second-order valence-corrected chi connectivity index (χ2v) is 6.84. The van der Waals surface area contributed by atoms with Crippen LogP contribution in [-0.4, -0.2) is 20.5 Å². The van der Waals surface area contributed by atoms with Crippen molar-refractivity contribution in [3.8, 4) is 0 Å². The van der Waals surface area contributed by atoms with E-state index >= 15 is 0 Å². The van der Waals surface area contributed by atoms with Crippen molar-refractivity contribution < 1.29 is 4.90 Å². The topological polar surface area (TPSA) is 43.7 Å². The van der Waals surface area contributed by atoms with Gasteiger partial charge in [0.2, 0.25) is 0 Å². The molecule has 0 amide bonds. The molecule has 1 fully saturated rings. The summed E-state index contributed by atoms with van der Waals surface area (Å²) in [6.07, 6.45) is 6.37. The molecule has 5 nitrogen and oxygen atoms in total. The number of pyridine rings is 1. The minimum absolute atomic E-state index is 0.00714. The molecule has 0 bridgehead atoms. The molecule has 5 heteroatoms. The Bertz CT molecular complexity index is 940. The van der Waals surface area contributed by atoms with E-state index in [1.807, 2.05) is 25.3 Å². The average Bonchev–Trinajstić information content (AvgIpc) is 3.16. The standard InChI is InChI=1S/C19H22N4O/c1-14-7-8-18-20-15(11-19(24)23(18)12-14)13-22-10-4-6-17(22)16-5-3-9-21(16)2/h3,5,7-9,11-12,17H,4,6,10,13H2,1-2H3/p+1/t17-/m0/s1. The van der Waals surface area contributed by atoms with Gasteiger partial charge in [-0.15, -0.1) is 0 Å². The molecule has 1 saturated heterocycles. The summed E-state index contributed by atoms with van der Waals surface area (Å²) in [6, 6.07) is 10.4. The molecule has 3 aromatic heterocycles. The maximum atomic E-state index is 12.4. The van der Waals surface area contributed by atoms with E-state index < -0.39 is 0 Å². The van der Waals surface area contributed by atoms with Crippen LogP contribution >= 0.6 is 0 Å². The first-order valence-corrected chi connectivity index (χ1v) is 8.56. The molecule has 2 atom stereocenters. The van der Waals surface area contributed by atoms with Crippen molar-refractivity contribution in [3.63, 3.8) is 0 Å². The van der Waals surface area contributed by atoms with Gasteiger partial charge in [-0.3, -0.25) is 9.20 Å². The summed E-state index contributed by atoms with van der Waals surface area (Å²) in [4.78, 5) is 18.6. The minimum Gasteiger partial charge on any atom is -0.350 e. The molecule has 4 rings (SSSR count). The first-order valence-electron chi connectivity index (χ1n) is 8.56. The lowest BCUT2D eigenvalue weighted by molar-refractivity contribution is -0.932. The van der Waals surface area contributed by atoms with Crippen molar-refractivity contribution in [1.82, 2.24) is 14.0 Å². The molecule has 124 valence electrons. The lowest BCUT2D eigenvalue weighted by Gasteiger charge is -2.22. The quantitative estimate of drug-likeness (QED) is 0.789. The Balaban J connectivity index is 1.65. The van der Waals surface area contributed by atoms with E-state index in [-0.39, 0.29) is 5.56 Å². The van der Waals surface area contributed by atoms with Gasteiger partial charge in [-0.2, -0.15) is 0 Å². The number of aryl methyl sites for hydroxylation is 2. The van der Waals surface area contributed by atoms with Crippen molar-refractivity contribution in [2.75, 3.05) is 6.54 Å². The van der Waals surface area contributed by atoms with Crippen molar-refractivity contribution in [3.05, 3.63) is 70.0 Å². The first kappa shape index (κ1) is 15.1. The fourth-order valence-electron chi connectivity index (χ4n) is 3.90. The summed E-state index contributed by atoms with van der Waals surface area (Å²) in [7, 11) is 2.11. The zero-order valence-corrected chi connectivity index (χ0v) is 14.2. The number of fused-ring (bicyclic) bond motifs is 1. The van der Waals surface area contributed by atoms with Crippen LogP contribution in [0, 0.1) is 6.92 Å². The summed E-state index contributed by atoms with van der Waals surface area (Å²) in [5.74, 6) is 0. The van der Waals surface area contributed by atoms with Crippen LogP contribution in [0.4, 0.5) is 0 Å². The number of hydrogen-bond acceptors (Lipinski definition) is 2. The molecule has 24 heavy (non-hydrogen) atoms. The second-order valence-electron chi connectivity index (χ2n) is 6.84. The van der Waals surface area contributed by atoms with Crippen LogP contribution in [0.2, 0.25) is 0 Å². The SMILES string of the molecule is Cc1ccc2nc(C[NH+]3CCC[C@H]3c3cccn3C)cc(=O)n2c1. The fraction of sp³-hybridized carbons (Fsp3) is 0.368. The van der Waals surface area contributed by atoms with Crippen LogP contribution in [0.15, 0.2) is 47.5 Å². The molecule has 0 radical (unpaired) electrons. The van der Waals surface area contributed by atoms with Crippen molar-refractivity contribution in [2.24, 2.45) is 7.05 Å². The maximum Gasteiger partial charge on any atom is 0.258 e. The molecule has 1 N–H and O–H groups in total. The highest BCUT2D eigenvalue weighted by Crippen LogP contribution is 2.19. The Morgan fingerprint density at radius 1 is 1.33 bits per heavy atom. The molecule has 0 saturated carbocycles. The van der Waals surface area contributed by atoms with Crippen LogP contribution < -0.4 is 10.5 Å². The highest BCUT2D eigenvalue weighted by Gasteiger charge is 2.31. The third-order valence-corrected chi connectivity index (χ3v) is 5.09. The molecule has 0 aromatic carbocycles. The fourth-order valence-corrected chi connectivity index (χ4v) is 3.90. The zero-order valence-electron chi connectivity index (χ0n) is 14.2. The summed E-state index contributed by atoms with van der Waals surface area (Å²) < 4.78 is 3.84. The van der Waals surface area contributed by atoms with Crippen LogP contribution in [0.3, 0.4) is 0 Å². The third-order valence-electron chi connectivity index (χ3n) is 5.09. The van der Waals surface area contributed by atoms with Crippen LogP contribution in [0.1, 0.15) is 35.8 Å². The lowest BCUT2D eigenvalue weighted by atomic mass is 10.1. The molecule has 1 aliphatic rings. The summed E-state index contributed by atoms with van der Waals surface area (Å²) in [5, 5.41) is 0. The Labute approximate surface area is 141 Å². The number of likely N-dealkylation sites (tertiary alicyclic amines) is 1. The van der Waals surface area contributed by atoms with Gasteiger partial charge in [-0.1, -0.05) is 6.07 Å². The van der Waals surface area contributed by atoms with Gasteiger partial charge < -0.3 is 9.47 Å². The first-order chi connectivity index (χ1) is 11.6. The highest BCUT2D eigenvalue weighted by molar-refractivity contribution is 5.39. The van der Waals surface area contributed by atoms with Gasteiger partial charge in [0, 0.05) is 38.3 Å². The maximum absolute atomic E-state index is 12.4. The number of rotatable bonds is 3. The van der Waals surface area contributed by atoms with E-state index in [1.165, 1.54) is 23.4 Å². The average molecular weight is 323 g/mol. The predicted molar refractivity (Wildman–Crippen MR) is 93.1 cm³/mol. The van der Waals surface area contributed by atoms with Gasteiger partial charge in [-0.25, -0.2) is 4.98 Å². The largest absolute Gasteiger partial charge is 0.350 e. The Morgan fingerprint density at radius 3 is 3.00 bits per heavy atom. The van der Waals surface area contributed by atoms with Crippen molar-refractivity contribution in [1.29, 1.82) is 0 Å². The molecule has 0 spiro atoms. The lowest BCUT2D eigenvalue weighted by Crippen LogP contribution is -3.09.